The smallest absolute Gasteiger partial charge is 0.191 e. The summed E-state index contributed by atoms with van der Waals surface area (Å²) in [4.78, 5) is 4.23. The van der Waals surface area contributed by atoms with Gasteiger partial charge in [0.15, 0.2) is 11.7 Å². The first-order chi connectivity index (χ1) is 12.0. The Bertz CT molecular complexity index is 692. The number of aromatic nitrogens is 1. The van der Waals surface area contributed by atoms with Crippen LogP contribution in [0.3, 0.4) is 0 Å². The van der Waals surface area contributed by atoms with Gasteiger partial charge in [0.25, 0.3) is 0 Å². The van der Waals surface area contributed by atoms with Crippen molar-refractivity contribution in [1.82, 2.24) is 15.8 Å². The highest BCUT2D eigenvalue weighted by atomic mass is 16.5. The van der Waals surface area contributed by atoms with Crippen molar-refractivity contribution in [3.05, 3.63) is 47.3 Å². The molecule has 6 nitrogen and oxygen atoms in total. The molecule has 0 aliphatic carbocycles. The lowest BCUT2D eigenvalue weighted by Crippen LogP contribution is -2.36. The zero-order chi connectivity index (χ0) is 18.2. The van der Waals surface area contributed by atoms with Gasteiger partial charge in [0.05, 0.1) is 18.3 Å². The Morgan fingerprint density at radius 2 is 1.92 bits per heavy atom. The van der Waals surface area contributed by atoms with Crippen molar-refractivity contribution in [3.8, 4) is 5.75 Å². The lowest BCUT2D eigenvalue weighted by Gasteiger charge is -2.13. The van der Waals surface area contributed by atoms with Crippen LogP contribution in [0, 0.1) is 0 Å². The molecule has 1 heterocycles. The van der Waals surface area contributed by atoms with Crippen LogP contribution >= 0.6 is 0 Å². The molecule has 1 aromatic heterocycles. The molecule has 0 unspecified atom stereocenters. The molecule has 1 aromatic carbocycles. The molecule has 0 bridgehead atoms. The molecule has 0 aliphatic rings. The van der Waals surface area contributed by atoms with E-state index >= 15 is 0 Å². The Morgan fingerprint density at radius 3 is 2.56 bits per heavy atom. The zero-order valence-electron chi connectivity index (χ0n) is 15.7. The Balaban J connectivity index is 1.85. The van der Waals surface area contributed by atoms with Gasteiger partial charge in [0.2, 0.25) is 0 Å². The first-order valence-electron chi connectivity index (χ1n) is 8.63. The first kappa shape index (κ1) is 18.8. The summed E-state index contributed by atoms with van der Waals surface area (Å²) >= 11 is 0. The van der Waals surface area contributed by atoms with Crippen molar-refractivity contribution < 1.29 is 9.26 Å². The van der Waals surface area contributed by atoms with Crippen molar-refractivity contribution in [3.63, 3.8) is 0 Å². The Morgan fingerprint density at radius 1 is 1.16 bits per heavy atom. The molecular formula is C19H28N4O2. The molecule has 0 atom stereocenters. The van der Waals surface area contributed by atoms with Crippen molar-refractivity contribution in [2.24, 2.45) is 4.99 Å². The average molecular weight is 344 g/mol. The summed E-state index contributed by atoms with van der Waals surface area (Å²) in [5.41, 5.74) is 2.09. The second kappa shape index (κ2) is 9.11. The van der Waals surface area contributed by atoms with Gasteiger partial charge in [-0.1, -0.05) is 31.1 Å². The van der Waals surface area contributed by atoms with E-state index in [1.54, 1.807) is 7.05 Å². The number of hydrogen-bond acceptors (Lipinski definition) is 4. The Kier molecular flexibility index (Phi) is 6.86. The highest BCUT2D eigenvalue weighted by Gasteiger charge is 2.08. The minimum atomic E-state index is 0.162. The molecule has 2 N–H and O–H groups in total. The number of benzene rings is 1. The molecule has 6 heteroatoms. The van der Waals surface area contributed by atoms with Crippen LogP contribution in [0.2, 0.25) is 0 Å². The fourth-order valence-electron chi connectivity index (χ4n) is 2.26. The SMILES string of the molecule is CN=C(NCc1cccc(OC(C)C)c1)NCc1cc(C(C)C)no1. The third kappa shape index (κ3) is 6.14. The van der Waals surface area contributed by atoms with E-state index in [0.29, 0.717) is 25.0 Å². The maximum absolute atomic E-state index is 5.72. The van der Waals surface area contributed by atoms with Crippen molar-refractivity contribution in [1.29, 1.82) is 0 Å². The predicted molar refractivity (Wildman–Crippen MR) is 99.8 cm³/mol. The quantitative estimate of drug-likeness (QED) is 0.594. The summed E-state index contributed by atoms with van der Waals surface area (Å²) in [6.07, 6.45) is 0.162. The number of rotatable bonds is 7. The van der Waals surface area contributed by atoms with Gasteiger partial charge in [0.1, 0.15) is 5.75 Å². The monoisotopic (exact) mass is 344 g/mol. The minimum absolute atomic E-state index is 0.162. The van der Waals surface area contributed by atoms with E-state index in [4.69, 9.17) is 9.26 Å². The number of nitrogens with zero attached hydrogens (tertiary/aromatic N) is 2. The molecule has 0 aliphatic heterocycles. The van der Waals surface area contributed by atoms with Crippen LogP contribution in [0.1, 0.15) is 50.6 Å². The molecule has 0 fully saturated rings. The highest BCUT2D eigenvalue weighted by Crippen LogP contribution is 2.15. The predicted octanol–water partition coefficient (Wildman–Crippen LogP) is 3.45. The van der Waals surface area contributed by atoms with E-state index in [-0.39, 0.29) is 6.10 Å². The standard InChI is InChI=1S/C19H28N4O2/c1-13(2)18-10-17(25-23-18)12-22-19(20-5)21-11-15-7-6-8-16(9-15)24-14(3)4/h6-10,13-14H,11-12H2,1-5H3,(H2,20,21,22). The second-order valence-corrected chi connectivity index (χ2v) is 6.47. The summed E-state index contributed by atoms with van der Waals surface area (Å²) in [6.45, 7) is 9.41. The maximum atomic E-state index is 5.72. The molecule has 2 aromatic rings. The van der Waals surface area contributed by atoms with Gasteiger partial charge in [0, 0.05) is 19.7 Å². The fraction of sp³-hybridized carbons (Fsp3) is 0.474. The van der Waals surface area contributed by atoms with Gasteiger partial charge in [-0.25, -0.2) is 0 Å². The molecule has 136 valence electrons. The molecule has 0 amide bonds. The molecule has 0 spiro atoms. The van der Waals surface area contributed by atoms with Crippen LogP contribution in [-0.4, -0.2) is 24.3 Å². The molecular weight excluding hydrogens is 316 g/mol. The number of ether oxygens (including phenoxy) is 1. The lowest BCUT2D eigenvalue weighted by atomic mass is 10.1. The first-order valence-corrected chi connectivity index (χ1v) is 8.63. The van der Waals surface area contributed by atoms with Crippen LogP contribution in [0.15, 0.2) is 39.8 Å². The summed E-state index contributed by atoms with van der Waals surface area (Å²) in [7, 11) is 1.74. The Labute approximate surface area is 149 Å². The van der Waals surface area contributed by atoms with E-state index in [1.807, 2.05) is 38.1 Å². The van der Waals surface area contributed by atoms with Gasteiger partial charge in [-0.15, -0.1) is 0 Å². The third-order valence-electron chi connectivity index (χ3n) is 3.55. The topological polar surface area (TPSA) is 71.7 Å². The van der Waals surface area contributed by atoms with Crippen molar-refractivity contribution >= 4 is 5.96 Å². The normalized spacial score (nSPS) is 11.9. The highest BCUT2D eigenvalue weighted by molar-refractivity contribution is 5.79. The van der Waals surface area contributed by atoms with E-state index in [2.05, 4.69) is 40.7 Å². The fourth-order valence-corrected chi connectivity index (χ4v) is 2.26. The van der Waals surface area contributed by atoms with E-state index < -0.39 is 0 Å². The van der Waals surface area contributed by atoms with Gasteiger partial charge in [-0.3, -0.25) is 4.99 Å². The number of guanidine groups is 1. The Hall–Kier alpha value is -2.50. The molecule has 0 saturated carbocycles. The van der Waals surface area contributed by atoms with E-state index in [0.717, 1.165) is 22.8 Å². The summed E-state index contributed by atoms with van der Waals surface area (Å²) < 4.78 is 11.0. The van der Waals surface area contributed by atoms with Gasteiger partial charge < -0.3 is 19.9 Å². The van der Waals surface area contributed by atoms with Crippen LogP contribution in [0.25, 0.3) is 0 Å². The lowest BCUT2D eigenvalue weighted by molar-refractivity contribution is 0.242. The third-order valence-corrected chi connectivity index (χ3v) is 3.55. The maximum Gasteiger partial charge on any atom is 0.191 e. The van der Waals surface area contributed by atoms with Crippen LogP contribution in [0.5, 0.6) is 5.75 Å². The largest absolute Gasteiger partial charge is 0.491 e. The number of nitrogens with one attached hydrogen (secondary N) is 2. The van der Waals surface area contributed by atoms with Crippen molar-refractivity contribution in [2.75, 3.05) is 7.05 Å². The van der Waals surface area contributed by atoms with Crippen LogP contribution in [0.4, 0.5) is 0 Å². The average Bonchev–Trinajstić information content (AvgIpc) is 3.04. The van der Waals surface area contributed by atoms with Crippen LogP contribution < -0.4 is 15.4 Å². The van der Waals surface area contributed by atoms with Crippen LogP contribution in [-0.2, 0) is 13.1 Å². The summed E-state index contributed by atoms with van der Waals surface area (Å²) in [5, 5.41) is 10.6. The number of hydrogen-bond donors (Lipinski definition) is 2. The molecule has 25 heavy (non-hydrogen) atoms. The minimum Gasteiger partial charge on any atom is -0.491 e. The molecule has 0 radical (unpaired) electrons. The van der Waals surface area contributed by atoms with E-state index in [1.165, 1.54) is 0 Å². The van der Waals surface area contributed by atoms with E-state index in [9.17, 15) is 0 Å². The second-order valence-electron chi connectivity index (χ2n) is 6.47. The molecule has 0 saturated heterocycles. The number of aliphatic imine (C=N–C) groups is 1. The van der Waals surface area contributed by atoms with Gasteiger partial charge in [-0.2, -0.15) is 0 Å². The summed E-state index contributed by atoms with van der Waals surface area (Å²) in [5.74, 6) is 2.73. The molecule has 2 rings (SSSR count). The summed E-state index contributed by atoms with van der Waals surface area (Å²) in [6, 6.07) is 10.0. The van der Waals surface area contributed by atoms with Crippen molar-refractivity contribution in [2.45, 2.75) is 52.8 Å². The van der Waals surface area contributed by atoms with Gasteiger partial charge >= 0.3 is 0 Å². The zero-order valence-corrected chi connectivity index (χ0v) is 15.7. The van der Waals surface area contributed by atoms with Gasteiger partial charge in [-0.05, 0) is 37.5 Å².